The fourth-order valence-corrected chi connectivity index (χ4v) is 5.81. The molecule has 170 valence electrons. The normalized spacial score (nSPS) is 24.1. The fourth-order valence-electron chi connectivity index (χ4n) is 5.81. The molecule has 0 amide bonds. The number of esters is 1. The third-order valence-corrected chi connectivity index (χ3v) is 7.45. The summed E-state index contributed by atoms with van der Waals surface area (Å²) in [5, 5.41) is 3.94. The number of ether oxygens (including phenoxy) is 1. The minimum absolute atomic E-state index is 0.291. The Labute approximate surface area is 196 Å². The van der Waals surface area contributed by atoms with E-state index >= 15 is 0 Å². The van der Waals surface area contributed by atoms with Crippen LogP contribution >= 0.6 is 0 Å². The van der Waals surface area contributed by atoms with Crippen molar-refractivity contribution in [3.8, 4) is 0 Å². The number of carbonyl (C=O) groups is 1. The van der Waals surface area contributed by atoms with Crippen molar-refractivity contribution >= 4 is 5.97 Å². The highest BCUT2D eigenvalue weighted by Crippen LogP contribution is 2.42. The molecule has 3 saturated heterocycles. The summed E-state index contributed by atoms with van der Waals surface area (Å²) in [5.41, 5.74) is 4.55. The second-order valence-electron chi connectivity index (χ2n) is 9.26. The summed E-state index contributed by atoms with van der Waals surface area (Å²) in [5.74, 6) is 0.722. The molecule has 3 aliphatic heterocycles. The molecule has 3 aliphatic rings. The molecule has 3 aromatic carbocycles. The van der Waals surface area contributed by atoms with E-state index in [-0.39, 0.29) is 5.97 Å². The van der Waals surface area contributed by atoms with E-state index in [9.17, 15) is 4.79 Å². The number of rotatable bonds is 7. The maximum Gasteiger partial charge on any atom is 0.337 e. The second-order valence-corrected chi connectivity index (χ2v) is 9.26. The highest BCUT2D eigenvalue weighted by Gasteiger charge is 2.46. The van der Waals surface area contributed by atoms with Crippen molar-refractivity contribution in [2.75, 3.05) is 20.2 Å². The van der Waals surface area contributed by atoms with Crippen molar-refractivity contribution in [2.24, 2.45) is 5.92 Å². The van der Waals surface area contributed by atoms with Gasteiger partial charge in [-0.1, -0.05) is 72.8 Å². The Morgan fingerprint density at radius 1 is 0.909 bits per heavy atom. The molecule has 3 fully saturated rings. The number of fused-ring (bicyclic) bond motifs is 3. The predicted molar refractivity (Wildman–Crippen MR) is 131 cm³/mol. The average Bonchev–Trinajstić information content (AvgIpc) is 2.90. The van der Waals surface area contributed by atoms with Crippen LogP contribution in [0.1, 0.15) is 45.8 Å². The second kappa shape index (κ2) is 9.90. The number of benzene rings is 3. The van der Waals surface area contributed by atoms with Crippen molar-refractivity contribution in [3.05, 3.63) is 107 Å². The van der Waals surface area contributed by atoms with Gasteiger partial charge in [0.15, 0.2) is 0 Å². The first-order chi connectivity index (χ1) is 16.2. The molecule has 2 unspecified atom stereocenters. The molecule has 0 aromatic heterocycles. The minimum Gasteiger partial charge on any atom is -0.465 e. The molecule has 3 aromatic rings. The van der Waals surface area contributed by atoms with E-state index in [1.165, 1.54) is 49.7 Å². The first kappa shape index (κ1) is 21.9. The standard InChI is InChI=1S/C29H32N2O2/c1-33-29(32)25-14-12-21(13-15-25)20-30-27-24-16-18-31(19-17-24)28(27)26(22-8-4-2-5-9-22)23-10-6-3-7-11-23/h2-15,24,26-28,30H,16-20H2,1H3. The number of nitrogens with one attached hydrogen (secondary N) is 1. The van der Waals surface area contributed by atoms with Crippen molar-refractivity contribution in [1.82, 2.24) is 10.2 Å². The number of hydrogen-bond acceptors (Lipinski definition) is 4. The Bertz CT molecular complexity index is 1000. The van der Waals surface area contributed by atoms with Crippen LogP contribution in [0.15, 0.2) is 84.9 Å². The largest absolute Gasteiger partial charge is 0.465 e. The Kier molecular flexibility index (Phi) is 6.56. The highest BCUT2D eigenvalue weighted by atomic mass is 16.5. The van der Waals surface area contributed by atoms with E-state index in [1.807, 2.05) is 24.3 Å². The lowest BCUT2D eigenvalue weighted by molar-refractivity contribution is 0.00468. The van der Waals surface area contributed by atoms with E-state index in [0.717, 1.165) is 6.54 Å². The minimum atomic E-state index is -0.291. The monoisotopic (exact) mass is 440 g/mol. The van der Waals surface area contributed by atoms with E-state index < -0.39 is 0 Å². The van der Waals surface area contributed by atoms with Gasteiger partial charge in [-0.3, -0.25) is 4.90 Å². The lowest BCUT2D eigenvalue weighted by atomic mass is 9.70. The zero-order chi connectivity index (χ0) is 22.6. The average molecular weight is 441 g/mol. The molecule has 4 nitrogen and oxygen atoms in total. The Morgan fingerprint density at radius 3 is 2.03 bits per heavy atom. The van der Waals surface area contributed by atoms with Gasteiger partial charge in [-0.15, -0.1) is 0 Å². The van der Waals surface area contributed by atoms with Crippen molar-refractivity contribution in [2.45, 2.75) is 37.4 Å². The first-order valence-electron chi connectivity index (χ1n) is 12.0. The van der Waals surface area contributed by atoms with E-state index in [0.29, 0.717) is 29.5 Å². The summed E-state index contributed by atoms with van der Waals surface area (Å²) in [6.45, 7) is 3.15. The van der Waals surface area contributed by atoms with Crippen molar-refractivity contribution in [3.63, 3.8) is 0 Å². The molecular weight excluding hydrogens is 408 g/mol. The topological polar surface area (TPSA) is 41.6 Å². The van der Waals surface area contributed by atoms with Crippen LogP contribution in [-0.2, 0) is 11.3 Å². The molecule has 1 N–H and O–H groups in total. The van der Waals surface area contributed by atoms with Gasteiger partial charge in [0, 0.05) is 24.5 Å². The summed E-state index contributed by atoms with van der Waals surface area (Å²) in [6, 6.07) is 30.6. The van der Waals surface area contributed by atoms with Gasteiger partial charge in [-0.25, -0.2) is 4.79 Å². The van der Waals surface area contributed by atoms with E-state index in [2.05, 4.69) is 70.9 Å². The third-order valence-electron chi connectivity index (χ3n) is 7.45. The summed E-state index contributed by atoms with van der Waals surface area (Å²) in [7, 11) is 1.42. The van der Waals surface area contributed by atoms with Crippen LogP contribution in [-0.4, -0.2) is 43.2 Å². The van der Waals surface area contributed by atoms with Gasteiger partial charge in [0.05, 0.1) is 12.7 Å². The molecular formula is C29H32N2O2. The molecule has 0 saturated carbocycles. The highest BCUT2D eigenvalue weighted by molar-refractivity contribution is 5.89. The van der Waals surface area contributed by atoms with Gasteiger partial charge >= 0.3 is 5.97 Å². The SMILES string of the molecule is COC(=O)c1ccc(CNC2C3CCN(CC3)C2C(c2ccccc2)c2ccccc2)cc1. The molecule has 2 bridgehead atoms. The van der Waals surface area contributed by atoms with Crippen LogP contribution in [0, 0.1) is 5.92 Å². The van der Waals surface area contributed by atoms with Crippen LogP contribution in [0.25, 0.3) is 0 Å². The molecule has 0 radical (unpaired) electrons. The fraction of sp³-hybridized carbons (Fsp3) is 0.345. The maximum atomic E-state index is 11.8. The van der Waals surface area contributed by atoms with Crippen LogP contribution in [0.4, 0.5) is 0 Å². The molecule has 3 heterocycles. The third kappa shape index (κ3) is 4.59. The quantitative estimate of drug-likeness (QED) is 0.533. The number of piperidine rings is 3. The van der Waals surface area contributed by atoms with E-state index in [1.54, 1.807) is 0 Å². The van der Waals surface area contributed by atoms with Gasteiger partial charge in [0.25, 0.3) is 0 Å². The summed E-state index contributed by atoms with van der Waals surface area (Å²) < 4.78 is 4.83. The Morgan fingerprint density at radius 2 is 1.48 bits per heavy atom. The number of hydrogen-bond donors (Lipinski definition) is 1. The molecule has 6 rings (SSSR count). The smallest absolute Gasteiger partial charge is 0.337 e. The van der Waals surface area contributed by atoms with Gasteiger partial charge in [-0.05, 0) is 60.7 Å². The van der Waals surface area contributed by atoms with Crippen LogP contribution in [0.5, 0.6) is 0 Å². The Hall–Kier alpha value is -2.95. The summed E-state index contributed by atoms with van der Waals surface area (Å²) in [6.07, 6.45) is 2.51. The van der Waals surface area contributed by atoms with E-state index in [4.69, 9.17) is 4.74 Å². The number of methoxy groups -OCH3 is 1. The molecule has 33 heavy (non-hydrogen) atoms. The maximum absolute atomic E-state index is 11.8. The van der Waals surface area contributed by atoms with Crippen LogP contribution < -0.4 is 5.32 Å². The molecule has 0 aliphatic carbocycles. The zero-order valence-electron chi connectivity index (χ0n) is 19.2. The van der Waals surface area contributed by atoms with Gasteiger partial charge < -0.3 is 10.1 Å². The van der Waals surface area contributed by atoms with Gasteiger partial charge in [0.1, 0.15) is 0 Å². The lowest BCUT2D eigenvalue weighted by Crippen LogP contribution is -2.64. The lowest BCUT2D eigenvalue weighted by Gasteiger charge is -2.54. The van der Waals surface area contributed by atoms with Gasteiger partial charge in [-0.2, -0.15) is 0 Å². The predicted octanol–water partition coefficient (Wildman–Crippen LogP) is 4.86. The van der Waals surface area contributed by atoms with Crippen molar-refractivity contribution in [1.29, 1.82) is 0 Å². The molecule has 2 atom stereocenters. The van der Waals surface area contributed by atoms with Crippen LogP contribution in [0.2, 0.25) is 0 Å². The summed E-state index contributed by atoms with van der Waals surface area (Å²) in [4.78, 5) is 14.5. The molecule has 4 heteroatoms. The van der Waals surface area contributed by atoms with Gasteiger partial charge in [0.2, 0.25) is 0 Å². The zero-order valence-corrected chi connectivity index (χ0v) is 19.2. The Balaban J connectivity index is 1.42. The van der Waals surface area contributed by atoms with Crippen molar-refractivity contribution < 1.29 is 9.53 Å². The first-order valence-corrected chi connectivity index (χ1v) is 12.0. The molecule has 0 spiro atoms. The summed E-state index contributed by atoms with van der Waals surface area (Å²) >= 11 is 0. The number of nitrogens with zero attached hydrogens (tertiary/aromatic N) is 1. The van der Waals surface area contributed by atoms with Crippen LogP contribution in [0.3, 0.4) is 0 Å². The number of carbonyl (C=O) groups excluding carboxylic acids is 1.